The fourth-order valence-corrected chi connectivity index (χ4v) is 3.85. The van der Waals surface area contributed by atoms with Gasteiger partial charge in [0, 0.05) is 28.3 Å². The van der Waals surface area contributed by atoms with E-state index in [4.69, 9.17) is 11.6 Å². The Bertz CT molecular complexity index is 1440. The third kappa shape index (κ3) is 3.20. The van der Waals surface area contributed by atoms with Crippen molar-refractivity contribution < 1.29 is 22.4 Å². The second-order valence-corrected chi connectivity index (χ2v) is 7.81. The Balaban J connectivity index is 1.61. The van der Waals surface area contributed by atoms with Gasteiger partial charge in [-0.25, -0.2) is 13.8 Å². The lowest BCUT2D eigenvalue weighted by Crippen LogP contribution is -2.15. The maximum atomic E-state index is 15.1. The highest BCUT2D eigenvalue weighted by Gasteiger charge is 2.43. The molecule has 7 nitrogen and oxygen atoms in total. The van der Waals surface area contributed by atoms with Crippen molar-refractivity contribution in [2.24, 2.45) is 5.92 Å². The van der Waals surface area contributed by atoms with E-state index < -0.39 is 40.5 Å². The number of benzene rings is 1. The predicted molar refractivity (Wildman–Crippen MR) is 109 cm³/mol. The van der Waals surface area contributed by atoms with Crippen molar-refractivity contribution in [1.29, 1.82) is 0 Å². The average Bonchev–Trinajstić information content (AvgIpc) is 3.11. The number of alkyl halides is 1. The molecule has 164 valence electrons. The summed E-state index contributed by atoms with van der Waals surface area (Å²) in [6, 6.07) is 0. The molecule has 1 amide bonds. The van der Waals surface area contributed by atoms with Crippen molar-refractivity contribution in [3.8, 4) is 11.3 Å². The minimum atomic E-state index is -2.04. The molecule has 2 atom stereocenters. The number of aromatic amines is 1. The van der Waals surface area contributed by atoms with Crippen LogP contribution in [0.15, 0.2) is 30.9 Å². The summed E-state index contributed by atoms with van der Waals surface area (Å²) in [5.74, 6) is -1.96. The number of amides is 1. The number of carbonyl (C=O) groups is 1. The van der Waals surface area contributed by atoms with Crippen molar-refractivity contribution >= 4 is 45.4 Å². The maximum Gasteiger partial charge on any atom is 0.273 e. The fraction of sp³-hybridized carbons (Fsp3) is 0.200. The number of hydrogen-bond donors (Lipinski definition) is 2. The van der Waals surface area contributed by atoms with E-state index in [9.17, 15) is 18.0 Å². The van der Waals surface area contributed by atoms with Crippen LogP contribution in [0.25, 0.3) is 33.4 Å². The predicted octanol–water partition coefficient (Wildman–Crippen LogP) is 4.99. The molecule has 0 radical (unpaired) electrons. The zero-order chi connectivity index (χ0) is 22.7. The minimum absolute atomic E-state index is 0.0536. The smallest absolute Gasteiger partial charge is 0.273 e. The second-order valence-electron chi connectivity index (χ2n) is 7.43. The molecule has 1 saturated carbocycles. The topological polar surface area (TPSA) is 88.0 Å². The molecular formula is C20H13ClF4N6O. The van der Waals surface area contributed by atoms with Crippen LogP contribution in [-0.4, -0.2) is 36.6 Å². The Kier molecular flexibility index (Phi) is 4.66. The molecule has 1 aromatic carbocycles. The average molecular weight is 465 g/mol. The minimum Gasteiger partial charge on any atom is -0.309 e. The maximum absolute atomic E-state index is 15.1. The Morgan fingerprint density at radius 2 is 2.06 bits per heavy atom. The normalized spacial score (nSPS) is 17.7. The number of fused-ring (bicyclic) bond motifs is 2. The zero-order valence-electron chi connectivity index (χ0n) is 16.3. The van der Waals surface area contributed by atoms with Crippen molar-refractivity contribution in [3.05, 3.63) is 47.3 Å². The van der Waals surface area contributed by atoms with Crippen LogP contribution in [0.3, 0.4) is 0 Å². The Morgan fingerprint density at radius 1 is 1.31 bits per heavy atom. The van der Waals surface area contributed by atoms with Gasteiger partial charge >= 0.3 is 0 Å². The first-order valence-electron chi connectivity index (χ1n) is 9.42. The summed E-state index contributed by atoms with van der Waals surface area (Å²) in [6.45, 7) is 1.09. The molecule has 32 heavy (non-hydrogen) atoms. The molecule has 3 aromatic heterocycles. The summed E-state index contributed by atoms with van der Waals surface area (Å²) in [5.41, 5.74) is -0.128. The van der Waals surface area contributed by atoms with E-state index in [1.807, 2.05) is 0 Å². The first-order valence-corrected chi connectivity index (χ1v) is 9.80. The number of imidazole rings is 1. The van der Waals surface area contributed by atoms with Crippen LogP contribution in [0.4, 0.5) is 23.4 Å². The van der Waals surface area contributed by atoms with Crippen LogP contribution in [0.2, 0.25) is 5.02 Å². The van der Waals surface area contributed by atoms with E-state index >= 15 is 4.39 Å². The second kappa shape index (κ2) is 7.30. The number of aromatic nitrogens is 5. The molecule has 1 aliphatic rings. The Morgan fingerprint density at radius 3 is 2.75 bits per heavy atom. The van der Waals surface area contributed by atoms with Crippen LogP contribution < -0.4 is 5.32 Å². The molecule has 4 aromatic rings. The number of anilines is 1. The highest BCUT2D eigenvalue weighted by molar-refractivity contribution is 6.35. The molecule has 5 rings (SSSR count). The van der Waals surface area contributed by atoms with Crippen molar-refractivity contribution in [3.63, 3.8) is 0 Å². The summed E-state index contributed by atoms with van der Waals surface area (Å²) in [5, 5.41) is 8.85. The van der Waals surface area contributed by atoms with E-state index in [2.05, 4.69) is 25.5 Å². The van der Waals surface area contributed by atoms with Crippen LogP contribution in [0, 0.1) is 11.7 Å². The lowest BCUT2D eigenvalue weighted by Gasteiger charge is -2.12. The zero-order valence-corrected chi connectivity index (χ0v) is 17.0. The van der Waals surface area contributed by atoms with E-state index in [1.54, 1.807) is 0 Å². The van der Waals surface area contributed by atoms with Crippen LogP contribution >= 0.6 is 11.6 Å². The molecule has 2 N–H and O–H groups in total. The number of carbonyl (C=O) groups excluding carboxylic acids is 1. The number of halogens is 5. The van der Waals surface area contributed by atoms with Crippen LogP contribution in [-0.2, 0) is 4.79 Å². The van der Waals surface area contributed by atoms with Gasteiger partial charge in [0.2, 0.25) is 5.91 Å². The van der Waals surface area contributed by atoms with E-state index in [1.165, 1.54) is 29.2 Å². The Hall–Kier alpha value is -3.47. The van der Waals surface area contributed by atoms with Gasteiger partial charge in [0.15, 0.2) is 17.3 Å². The van der Waals surface area contributed by atoms with Crippen LogP contribution in [0.5, 0.6) is 0 Å². The molecular weight excluding hydrogens is 452 g/mol. The number of rotatable bonds is 4. The third-order valence-electron chi connectivity index (χ3n) is 5.35. The van der Waals surface area contributed by atoms with Crippen molar-refractivity contribution in [2.45, 2.75) is 19.5 Å². The largest absolute Gasteiger partial charge is 0.309 e. The Labute approximate surface area is 182 Å². The van der Waals surface area contributed by atoms with Gasteiger partial charge in [0.1, 0.15) is 6.17 Å². The summed E-state index contributed by atoms with van der Waals surface area (Å²) in [4.78, 5) is 20.4. The summed E-state index contributed by atoms with van der Waals surface area (Å²) in [6.07, 6.45) is 2.72. The lowest BCUT2D eigenvalue weighted by molar-refractivity contribution is -0.117. The summed E-state index contributed by atoms with van der Waals surface area (Å²) >= 11 is 6.26. The van der Waals surface area contributed by atoms with Crippen LogP contribution in [0.1, 0.15) is 18.9 Å². The van der Waals surface area contributed by atoms with Gasteiger partial charge < -0.3 is 9.72 Å². The van der Waals surface area contributed by atoms with E-state index in [-0.39, 0.29) is 34.6 Å². The molecule has 3 heterocycles. The SMILES string of the molecule is CC(=C(F)F)c1c(F)c(Cl)c(-c2cn3cc(NC(=O)C4CC4F)nc3cn2)c2cn[nH]c12. The molecule has 0 bridgehead atoms. The number of hydrogen-bond acceptors (Lipinski definition) is 4. The summed E-state index contributed by atoms with van der Waals surface area (Å²) in [7, 11) is 0. The van der Waals surface area contributed by atoms with Gasteiger partial charge in [0.25, 0.3) is 6.08 Å². The quantitative estimate of drug-likeness (QED) is 0.416. The van der Waals surface area contributed by atoms with Gasteiger partial charge in [-0.3, -0.25) is 14.9 Å². The molecule has 0 aliphatic heterocycles. The fourth-order valence-electron chi connectivity index (χ4n) is 3.55. The summed E-state index contributed by atoms with van der Waals surface area (Å²) < 4.78 is 56.0. The highest BCUT2D eigenvalue weighted by Crippen LogP contribution is 2.41. The standard InChI is InChI=1S/C20H13ClF4N6O/c1-7(19(24)25)14-17(23)16(21)15(9-3-27-30-18(9)14)11-5-31-6-12(28-13(31)4-26-11)29-20(32)8-2-10(8)22/h3-6,8,10H,2H2,1H3,(H,27,30)(H,29,32). The number of H-pyrrole nitrogens is 1. The molecule has 1 fully saturated rings. The lowest BCUT2D eigenvalue weighted by atomic mass is 9.99. The first-order chi connectivity index (χ1) is 15.3. The van der Waals surface area contributed by atoms with Gasteiger partial charge in [0.05, 0.1) is 40.7 Å². The number of nitrogens with zero attached hydrogens (tertiary/aromatic N) is 4. The van der Waals surface area contributed by atoms with Gasteiger partial charge in [-0.15, -0.1) is 0 Å². The number of allylic oxidation sites excluding steroid dienone is 1. The molecule has 12 heteroatoms. The highest BCUT2D eigenvalue weighted by atomic mass is 35.5. The molecule has 1 aliphatic carbocycles. The first kappa shape index (κ1) is 20.4. The van der Waals surface area contributed by atoms with Gasteiger partial charge in [-0.05, 0) is 13.3 Å². The third-order valence-corrected chi connectivity index (χ3v) is 5.70. The van der Waals surface area contributed by atoms with Gasteiger partial charge in [-0.1, -0.05) is 11.6 Å². The monoisotopic (exact) mass is 464 g/mol. The molecule has 0 saturated heterocycles. The van der Waals surface area contributed by atoms with E-state index in [0.29, 0.717) is 11.0 Å². The molecule has 0 spiro atoms. The van der Waals surface area contributed by atoms with Crippen molar-refractivity contribution in [2.75, 3.05) is 5.32 Å². The van der Waals surface area contributed by atoms with Gasteiger partial charge in [-0.2, -0.15) is 13.9 Å². The van der Waals surface area contributed by atoms with Crippen molar-refractivity contribution in [1.82, 2.24) is 24.6 Å². The van der Waals surface area contributed by atoms with E-state index in [0.717, 1.165) is 6.92 Å². The number of nitrogens with one attached hydrogen (secondary N) is 2. The molecule has 2 unspecified atom stereocenters.